The van der Waals surface area contributed by atoms with Gasteiger partial charge in [-0.3, -0.25) is 0 Å². The molecule has 1 saturated heterocycles. The van der Waals surface area contributed by atoms with Crippen molar-refractivity contribution in [2.75, 3.05) is 26.2 Å². The van der Waals surface area contributed by atoms with E-state index in [1.165, 1.54) is 31.7 Å². The van der Waals surface area contributed by atoms with Crippen molar-refractivity contribution in [2.45, 2.75) is 25.4 Å². The fourth-order valence-corrected chi connectivity index (χ4v) is 2.46. The van der Waals surface area contributed by atoms with Gasteiger partial charge >= 0.3 is 0 Å². The molecule has 7 heteroatoms. The van der Waals surface area contributed by atoms with Crippen LogP contribution in [0.25, 0.3) is 0 Å². The minimum atomic E-state index is -0.600. The van der Waals surface area contributed by atoms with E-state index < -0.39 is 6.10 Å². The molecule has 0 saturated carbocycles. The zero-order valence-electron chi connectivity index (χ0n) is 11.8. The Kier molecular flexibility index (Phi) is 6.22. The highest BCUT2D eigenvalue weighted by atomic mass is 35.5. The van der Waals surface area contributed by atoms with Gasteiger partial charge in [0.05, 0.1) is 5.56 Å². The Hall–Kier alpha value is -1.37. The van der Waals surface area contributed by atoms with Crippen LogP contribution in [0.2, 0.25) is 0 Å². The molecule has 1 N–H and O–H groups in total. The number of likely N-dealkylation sites (tertiary alicyclic amines) is 1. The summed E-state index contributed by atoms with van der Waals surface area (Å²) in [5.41, 5.74) is 0.472. The standard InChI is InChI=1S/C14H20ClN3O3/c15-14(12-5-4-8-18(20)9-12)16-21-11-13(19)10-17-6-2-1-3-7-17/h4-5,8-9,13,19H,1-3,6-7,10-11H2/b16-14+/t13-/m0/s1. The van der Waals surface area contributed by atoms with Crippen LogP contribution in [-0.2, 0) is 4.84 Å². The highest BCUT2D eigenvalue weighted by Crippen LogP contribution is 2.09. The molecule has 0 spiro atoms. The molecule has 0 unspecified atom stereocenters. The van der Waals surface area contributed by atoms with Crippen molar-refractivity contribution in [2.24, 2.45) is 5.16 Å². The summed E-state index contributed by atoms with van der Waals surface area (Å²) in [7, 11) is 0. The summed E-state index contributed by atoms with van der Waals surface area (Å²) in [5.74, 6) is 0. The normalized spacial score (nSPS) is 18.5. The largest absolute Gasteiger partial charge is 0.619 e. The van der Waals surface area contributed by atoms with Crippen molar-refractivity contribution >= 4 is 16.8 Å². The van der Waals surface area contributed by atoms with Gasteiger partial charge in [-0.25, -0.2) is 0 Å². The quantitative estimate of drug-likeness (QED) is 0.369. The van der Waals surface area contributed by atoms with Crippen LogP contribution in [0.1, 0.15) is 24.8 Å². The highest BCUT2D eigenvalue weighted by molar-refractivity contribution is 6.69. The third kappa shape index (κ3) is 5.49. The van der Waals surface area contributed by atoms with E-state index in [1.807, 2.05) is 0 Å². The molecule has 1 aromatic heterocycles. The van der Waals surface area contributed by atoms with Gasteiger partial charge in [-0.1, -0.05) is 23.2 Å². The molecule has 1 fully saturated rings. The van der Waals surface area contributed by atoms with Crippen LogP contribution in [0.4, 0.5) is 0 Å². The van der Waals surface area contributed by atoms with Crippen LogP contribution in [0.15, 0.2) is 29.7 Å². The monoisotopic (exact) mass is 313 g/mol. The molecule has 0 aliphatic carbocycles. The number of halogens is 1. The zero-order valence-corrected chi connectivity index (χ0v) is 12.6. The Labute approximate surface area is 129 Å². The predicted octanol–water partition coefficient (Wildman–Crippen LogP) is 1.08. The maximum atomic E-state index is 11.1. The third-order valence-electron chi connectivity index (χ3n) is 3.34. The van der Waals surface area contributed by atoms with E-state index >= 15 is 0 Å². The number of piperidine rings is 1. The lowest BCUT2D eigenvalue weighted by molar-refractivity contribution is -0.605. The van der Waals surface area contributed by atoms with Crippen LogP contribution in [0, 0.1) is 5.21 Å². The van der Waals surface area contributed by atoms with Gasteiger partial charge in [0.25, 0.3) is 0 Å². The van der Waals surface area contributed by atoms with Crippen LogP contribution >= 0.6 is 11.6 Å². The number of aromatic nitrogens is 1. The fourth-order valence-electron chi connectivity index (χ4n) is 2.30. The predicted molar refractivity (Wildman–Crippen MR) is 80.0 cm³/mol. The molecular weight excluding hydrogens is 294 g/mol. The average molecular weight is 314 g/mol. The number of aliphatic hydroxyl groups is 1. The molecule has 1 aliphatic rings. The molecule has 21 heavy (non-hydrogen) atoms. The van der Waals surface area contributed by atoms with Gasteiger partial charge in [0.1, 0.15) is 12.7 Å². The second-order valence-corrected chi connectivity index (χ2v) is 5.50. The van der Waals surface area contributed by atoms with Crippen molar-refractivity contribution in [3.05, 3.63) is 35.3 Å². The van der Waals surface area contributed by atoms with Crippen molar-refractivity contribution in [3.63, 3.8) is 0 Å². The summed E-state index contributed by atoms with van der Waals surface area (Å²) in [6.45, 7) is 2.71. The molecule has 1 atom stereocenters. The van der Waals surface area contributed by atoms with Gasteiger partial charge in [0.15, 0.2) is 17.6 Å². The molecule has 116 valence electrons. The van der Waals surface area contributed by atoms with E-state index in [1.54, 1.807) is 12.1 Å². The second-order valence-electron chi connectivity index (χ2n) is 5.15. The molecule has 2 rings (SSSR count). The molecule has 0 bridgehead atoms. The SMILES string of the molecule is [O-][n+]1cccc(/C(Cl)=N\OC[C@@H](O)CN2CCCCC2)c1. The minimum Gasteiger partial charge on any atom is -0.619 e. The van der Waals surface area contributed by atoms with Crippen LogP contribution in [0.5, 0.6) is 0 Å². The summed E-state index contributed by atoms with van der Waals surface area (Å²) in [6.07, 6.45) is 5.69. The molecule has 2 heterocycles. The number of hydrogen-bond acceptors (Lipinski definition) is 5. The van der Waals surface area contributed by atoms with Crippen LogP contribution in [-0.4, -0.2) is 47.5 Å². The van der Waals surface area contributed by atoms with Gasteiger partial charge in [-0.2, -0.15) is 4.73 Å². The van der Waals surface area contributed by atoms with E-state index in [2.05, 4.69) is 10.1 Å². The summed E-state index contributed by atoms with van der Waals surface area (Å²) >= 11 is 5.93. The summed E-state index contributed by atoms with van der Waals surface area (Å²) in [5, 5.41) is 24.8. The second kappa shape index (κ2) is 8.17. The first-order valence-corrected chi connectivity index (χ1v) is 7.48. The molecule has 6 nitrogen and oxygen atoms in total. The van der Waals surface area contributed by atoms with E-state index in [4.69, 9.17) is 16.4 Å². The summed E-state index contributed by atoms with van der Waals surface area (Å²) in [6, 6.07) is 3.24. The summed E-state index contributed by atoms with van der Waals surface area (Å²) < 4.78 is 0.637. The number of oxime groups is 1. The third-order valence-corrected chi connectivity index (χ3v) is 3.63. The molecular formula is C14H20ClN3O3. The number of rotatable bonds is 6. The van der Waals surface area contributed by atoms with Gasteiger partial charge in [-0.05, 0) is 32.0 Å². The molecule has 0 amide bonds. The molecule has 1 aliphatic heterocycles. The molecule has 0 aromatic carbocycles. The number of β-amino-alcohol motifs (C(OH)–C–C–N with tert-alkyl or cyclic N) is 1. The lowest BCUT2D eigenvalue weighted by Crippen LogP contribution is -2.38. The first kappa shape index (κ1) is 16.0. The van der Waals surface area contributed by atoms with Gasteiger partial charge in [0.2, 0.25) is 0 Å². The fraction of sp³-hybridized carbons (Fsp3) is 0.571. The van der Waals surface area contributed by atoms with Crippen LogP contribution in [0.3, 0.4) is 0 Å². The van der Waals surface area contributed by atoms with Crippen molar-refractivity contribution in [1.29, 1.82) is 0 Å². The Balaban J connectivity index is 1.75. The number of nitrogens with zero attached hydrogens (tertiary/aromatic N) is 3. The Morgan fingerprint density at radius 3 is 2.95 bits per heavy atom. The van der Waals surface area contributed by atoms with Crippen LogP contribution < -0.4 is 4.73 Å². The van der Waals surface area contributed by atoms with Crippen molar-refractivity contribution in [1.82, 2.24) is 4.90 Å². The van der Waals surface area contributed by atoms with Gasteiger partial charge in [-0.15, -0.1) is 0 Å². The van der Waals surface area contributed by atoms with Gasteiger partial charge < -0.3 is 20.1 Å². The smallest absolute Gasteiger partial charge is 0.190 e. The zero-order chi connectivity index (χ0) is 15.1. The molecule has 0 radical (unpaired) electrons. The lowest BCUT2D eigenvalue weighted by Gasteiger charge is -2.27. The Morgan fingerprint density at radius 2 is 2.24 bits per heavy atom. The van der Waals surface area contributed by atoms with E-state index in [-0.39, 0.29) is 11.8 Å². The Bertz CT molecular complexity index is 478. The van der Waals surface area contributed by atoms with Crippen molar-refractivity contribution < 1.29 is 14.7 Å². The first-order valence-electron chi connectivity index (χ1n) is 7.10. The van der Waals surface area contributed by atoms with E-state index in [0.717, 1.165) is 13.1 Å². The minimum absolute atomic E-state index is 0.0803. The first-order chi connectivity index (χ1) is 10.1. The van der Waals surface area contributed by atoms with Gasteiger partial charge in [0, 0.05) is 12.6 Å². The topological polar surface area (TPSA) is 72.0 Å². The number of pyridine rings is 1. The molecule has 1 aromatic rings. The average Bonchev–Trinajstić information content (AvgIpc) is 2.48. The van der Waals surface area contributed by atoms with Crippen molar-refractivity contribution in [3.8, 4) is 0 Å². The summed E-state index contributed by atoms with van der Waals surface area (Å²) in [4.78, 5) is 7.28. The lowest BCUT2D eigenvalue weighted by atomic mass is 10.1. The maximum absolute atomic E-state index is 11.1. The van der Waals surface area contributed by atoms with E-state index in [0.29, 0.717) is 16.8 Å². The van der Waals surface area contributed by atoms with E-state index in [9.17, 15) is 10.3 Å². The Morgan fingerprint density at radius 1 is 1.48 bits per heavy atom. The number of hydrogen-bond donors (Lipinski definition) is 1. The highest BCUT2D eigenvalue weighted by Gasteiger charge is 2.15. The number of aliphatic hydroxyl groups excluding tert-OH is 1. The maximum Gasteiger partial charge on any atom is 0.190 e.